The zero-order chi connectivity index (χ0) is 15.5. The first-order valence-electron chi connectivity index (χ1n) is 7.05. The van der Waals surface area contributed by atoms with Gasteiger partial charge in [-0.2, -0.15) is 0 Å². The minimum Gasteiger partial charge on any atom is -0.280 e. The molecule has 0 aliphatic rings. The Kier molecular flexibility index (Phi) is 4.68. The molecule has 0 fully saturated rings. The van der Waals surface area contributed by atoms with Crippen LogP contribution in [0.2, 0.25) is 0 Å². The van der Waals surface area contributed by atoms with Crippen molar-refractivity contribution in [2.24, 2.45) is 5.92 Å². The van der Waals surface area contributed by atoms with Crippen molar-refractivity contribution >= 4 is 15.7 Å². The normalized spacial score (nSPS) is 11.6. The zero-order valence-corrected chi connectivity index (χ0v) is 13.4. The molecule has 1 N–H and O–H groups in total. The SMILES string of the molecule is Cc1cccc(NS(=O)(=O)c2ccc(CC(C)C)cc2)c1. The Morgan fingerprint density at radius 2 is 1.71 bits per heavy atom. The first-order valence-corrected chi connectivity index (χ1v) is 8.53. The quantitative estimate of drug-likeness (QED) is 0.907. The topological polar surface area (TPSA) is 46.2 Å². The average molecular weight is 303 g/mol. The van der Waals surface area contributed by atoms with Crippen molar-refractivity contribution in [2.75, 3.05) is 4.72 Å². The zero-order valence-electron chi connectivity index (χ0n) is 12.6. The van der Waals surface area contributed by atoms with Gasteiger partial charge in [-0.05, 0) is 54.7 Å². The van der Waals surface area contributed by atoms with Crippen LogP contribution in [0, 0.1) is 12.8 Å². The van der Waals surface area contributed by atoms with E-state index >= 15 is 0 Å². The summed E-state index contributed by atoms with van der Waals surface area (Å²) in [5.41, 5.74) is 2.75. The Bertz CT molecular complexity index is 704. The van der Waals surface area contributed by atoms with Crippen LogP contribution < -0.4 is 4.72 Å². The second kappa shape index (κ2) is 6.31. The Labute approximate surface area is 127 Å². The van der Waals surface area contributed by atoms with Gasteiger partial charge in [0.2, 0.25) is 0 Å². The first-order chi connectivity index (χ1) is 9.87. The number of sulfonamides is 1. The van der Waals surface area contributed by atoms with Gasteiger partial charge in [0, 0.05) is 5.69 Å². The lowest BCUT2D eigenvalue weighted by Gasteiger charge is -2.10. The van der Waals surface area contributed by atoms with E-state index in [4.69, 9.17) is 0 Å². The van der Waals surface area contributed by atoms with Gasteiger partial charge in [-0.1, -0.05) is 38.1 Å². The van der Waals surface area contributed by atoms with E-state index < -0.39 is 10.0 Å². The largest absolute Gasteiger partial charge is 0.280 e. The monoisotopic (exact) mass is 303 g/mol. The molecule has 0 spiro atoms. The summed E-state index contributed by atoms with van der Waals surface area (Å²) in [5.74, 6) is 0.554. The molecule has 0 aliphatic heterocycles. The van der Waals surface area contributed by atoms with E-state index in [1.165, 1.54) is 0 Å². The molecule has 0 atom stereocenters. The summed E-state index contributed by atoms with van der Waals surface area (Å²) < 4.78 is 27.3. The highest BCUT2D eigenvalue weighted by Gasteiger charge is 2.14. The van der Waals surface area contributed by atoms with Crippen LogP contribution in [-0.2, 0) is 16.4 Å². The van der Waals surface area contributed by atoms with E-state index in [-0.39, 0.29) is 4.90 Å². The predicted molar refractivity (Wildman–Crippen MR) is 87.0 cm³/mol. The van der Waals surface area contributed by atoms with Gasteiger partial charge in [-0.15, -0.1) is 0 Å². The maximum absolute atomic E-state index is 12.3. The molecular formula is C17H21NO2S. The Morgan fingerprint density at radius 3 is 2.29 bits per heavy atom. The molecule has 0 radical (unpaired) electrons. The van der Waals surface area contributed by atoms with Gasteiger partial charge in [0.05, 0.1) is 4.90 Å². The van der Waals surface area contributed by atoms with Gasteiger partial charge in [-0.3, -0.25) is 4.72 Å². The van der Waals surface area contributed by atoms with E-state index in [0.29, 0.717) is 11.6 Å². The molecule has 0 saturated carbocycles. The predicted octanol–water partition coefficient (Wildman–Crippen LogP) is 3.99. The second-order valence-electron chi connectivity index (χ2n) is 5.72. The lowest BCUT2D eigenvalue weighted by atomic mass is 10.0. The van der Waals surface area contributed by atoms with E-state index in [2.05, 4.69) is 18.6 Å². The molecule has 0 aliphatic carbocycles. The van der Waals surface area contributed by atoms with E-state index in [9.17, 15) is 8.42 Å². The number of hydrogen-bond donors (Lipinski definition) is 1. The summed E-state index contributed by atoms with van der Waals surface area (Å²) >= 11 is 0. The third-order valence-electron chi connectivity index (χ3n) is 3.15. The summed E-state index contributed by atoms with van der Waals surface area (Å²) in [6.07, 6.45) is 0.950. The van der Waals surface area contributed by atoms with Gasteiger partial charge in [0.15, 0.2) is 0 Å². The van der Waals surface area contributed by atoms with E-state index in [0.717, 1.165) is 17.5 Å². The Morgan fingerprint density at radius 1 is 1.05 bits per heavy atom. The lowest BCUT2D eigenvalue weighted by Crippen LogP contribution is -2.13. The standard InChI is InChI=1S/C17H21NO2S/c1-13(2)11-15-7-9-17(10-8-15)21(19,20)18-16-6-4-5-14(3)12-16/h4-10,12-13,18H,11H2,1-3H3. The van der Waals surface area contributed by atoms with Crippen LogP contribution in [0.25, 0.3) is 0 Å². The van der Waals surface area contributed by atoms with Crippen LogP contribution in [0.15, 0.2) is 53.4 Å². The van der Waals surface area contributed by atoms with Crippen LogP contribution in [0.1, 0.15) is 25.0 Å². The second-order valence-corrected chi connectivity index (χ2v) is 7.40. The van der Waals surface area contributed by atoms with Crippen molar-refractivity contribution < 1.29 is 8.42 Å². The fourth-order valence-electron chi connectivity index (χ4n) is 2.20. The molecule has 0 heterocycles. The van der Waals surface area contributed by atoms with Gasteiger partial charge >= 0.3 is 0 Å². The van der Waals surface area contributed by atoms with Crippen LogP contribution >= 0.6 is 0 Å². The smallest absolute Gasteiger partial charge is 0.261 e. The molecule has 2 aromatic rings. The van der Waals surface area contributed by atoms with Crippen LogP contribution in [0.4, 0.5) is 5.69 Å². The summed E-state index contributed by atoms with van der Waals surface area (Å²) in [6, 6.07) is 14.4. The fourth-order valence-corrected chi connectivity index (χ4v) is 3.25. The van der Waals surface area contributed by atoms with Crippen molar-refractivity contribution in [3.63, 3.8) is 0 Å². The minimum atomic E-state index is -3.53. The molecule has 0 amide bonds. The molecule has 0 bridgehead atoms. The highest BCUT2D eigenvalue weighted by Crippen LogP contribution is 2.18. The summed E-state index contributed by atoms with van der Waals surface area (Å²) in [4.78, 5) is 0.288. The maximum atomic E-state index is 12.3. The third kappa shape index (κ3) is 4.33. The van der Waals surface area contributed by atoms with Crippen molar-refractivity contribution in [2.45, 2.75) is 32.1 Å². The van der Waals surface area contributed by atoms with Crippen LogP contribution in [-0.4, -0.2) is 8.42 Å². The van der Waals surface area contributed by atoms with Crippen molar-refractivity contribution in [1.29, 1.82) is 0 Å². The van der Waals surface area contributed by atoms with Crippen LogP contribution in [0.3, 0.4) is 0 Å². The van der Waals surface area contributed by atoms with Crippen molar-refractivity contribution in [1.82, 2.24) is 0 Å². The molecule has 0 aromatic heterocycles. The van der Waals surface area contributed by atoms with Gasteiger partial charge in [-0.25, -0.2) is 8.42 Å². The molecule has 2 rings (SSSR count). The number of benzene rings is 2. The van der Waals surface area contributed by atoms with Crippen molar-refractivity contribution in [3.05, 3.63) is 59.7 Å². The first kappa shape index (κ1) is 15.6. The fraction of sp³-hybridized carbons (Fsp3) is 0.294. The van der Waals surface area contributed by atoms with Gasteiger partial charge in [0.1, 0.15) is 0 Å². The molecule has 4 heteroatoms. The number of aryl methyl sites for hydroxylation is 1. The van der Waals surface area contributed by atoms with E-state index in [1.54, 1.807) is 18.2 Å². The highest BCUT2D eigenvalue weighted by atomic mass is 32.2. The number of nitrogens with one attached hydrogen (secondary N) is 1. The molecule has 3 nitrogen and oxygen atoms in total. The van der Waals surface area contributed by atoms with Gasteiger partial charge in [0.25, 0.3) is 10.0 Å². The van der Waals surface area contributed by atoms with Crippen LogP contribution in [0.5, 0.6) is 0 Å². The number of anilines is 1. The van der Waals surface area contributed by atoms with E-state index in [1.807, 2.05) is 37.3 Å². The van der Waals surface area contributed by atoms with Gasteiger partial charge < -0.3 is 0 Å². The molecule has 0 unspecified atom stereocenters. The Balaban J connectivity index is 2.19. The maximum Gasteiger partial charge on any atom is 0.261 e. The summed E-state index contributed by atoms with van der Waals surface area (Å²) in [6.45, 7) is 6.21. The number of hydrogen-bond acceptors (Lipinski definition) is 2. The summed E-state index contributed by atoms with van der Waals surface area (Å²) in [7, 11) is -3.53. The third-order valence-corrected chi connectivity index (χ3v) is 4.55. The molecular weight excluding hydrogens is 282 g/mol. The molecule has 2 aromatic carbocycles. The molecule has 112 valence electrons. The number of rotatable bonds is 5. The molecule has 0 saturated heterocycles. The van der Waals surface area contributed by atoms with Crippen molar-refractivity contribution in [3.8, 4) is 0 Å². The summed E-state index contributed by atoms with van der Waals surface area (Å²) in [5, 5.41) is 0. The lowest BCUT2D eigenvalue weighted by molar-refractivity contribution is 0.601. The highest BCUT2D eigenvalue weighted by molar-refractivity contribution is 7.92. The Hall–Kier alpha value is -1.81. The average Bonchev–Trinajstić information content (AvgIpc) is 2.38. The minimum absolute atomic E-state index is 0.288. The molecule has 21 heavy (non-hydrogen) atoms.